The first-order valence-corrected chi connectivity index (χ1v) is 10.7. The van der Waals surface area contributed by atoms with Crippen LogP contribution in [0.1, 0.15) is 67.4 Å². The monoisotopic (exact) mass is 375 g/mol. The minimum atomic E-state index is -0.0649. The first kappa shape index (κ1) is 23.0. The molecule has 0 radical (unpaired) electrons. The summed E-state index contributed by atoms with van der Waals surface area (Å²) < 4.78 is 0. The number of Topliss-reactive ketones (excluding diaryl/α,β-unsaturated/α-hetero) is 1. The summed E-state index contributed by atoms with van der Waals surface area (Å²) in [5.41, 5.74) is 1.87. The van der Waals surface area contributed by atoms with Crippen molar-refractivity contribution in [3.05, 3.63) is 35.9 Å². The summed E-state index contributed by atoms with van der Waals surface area (Å²) in [6, 6.07) is 10.2. The largest absolute Gasteiger partial charge is 0.299 e. The van der Waals surface area contributed by atoms with Crippen LogP contribution >= 0.6 is 11.8 Å². The Balaban J connectivity index is 3.04. The van der Waals surface area contributed by atoms with E-state index in [0.717, 1.165) is 23.6 Å². The maximum atomic E-state index is 13.3. The third-order valence-electron chi connectivity index (χ3n) is 4.35. The van der Waals surface area contributed by atoms with Gasteiger partial charge in [-0.05, 0) is 21.6 Å². The lowest BCUT2D eigenvalue weighted by Crippen LogP contribution is -2.39. The molecule has 0 unspecified atom stereocenters. The molecule has 0 amide bonds. The van der Waals surface area contributed by atoms with E-state index in [-0.39, 0.29) is 16.7 Å². The Kier molecular flexibility index (Phi) is 8.59. The second-order valence-corrected chi connectivity index (χ2v) is 11.1. The van der Waals surface area contributed by atoms with Crippen LogP contribution in [0.5, 0.6) is 0 Å². The SMILES string of the molecule is CC(C)SCCN=C(CC(=O)C(C(C)(C)C)C(C)(C)C)c1ccccc1. The highest BCUT2D eigenvalue weighted by molar-refractivity contribution is 7.99. The van der Waals surface area contributed by atoms with Crippen LogP contribution in [0.4, 0.5) is 0 Å². The van der Waals surface area contributed by atoms with Crippen molar-refractivity contribution >= 4 is 23.3 Å². The fourth-order valence-electron chi connectivity index (χ4n) is 3.88. The molecule has 0 heterocycles. The molecule has 0 spiro atoms. The van der Waals surface area contributed by atoms with Crippen molar-refractivity contribution in [2.24, 2.45) is 21.7 Å². The molecule has 0 saturated heterocycles. The first-order valence-electron chi connectivity index (χ1n) is 9.66. The van der Waals surface area contributed by atoms with E-state index in [2.05, 4.69) is 67.5 Å². The molecule has 0 fully saturated rings. The minimum absolute atomic E-state index is 0.00560. The van der Waals surface area contributed by atoms with E-state index < -0.39 is 0 Å². The van der Waals surface area contributed by atoms with Gasteiger partial charge in [-0.15, -0.1) is 0 Å². The van der Waals surface area contributed by atoms with E-state index in [0.29, 0.717) is 17.5 Å². The molecule has 0 atom stereocenters. The van der Waals surface area contributed by atoms with Crippen molar-refractivity contribution in [2.45, 2.75) is 67.1 Å². The van der Waals surface area contributed by atoms with Gasteiger partial charge in [0.2, 0.25) is 0 Å². The fraction of sp³-hybridized carbons (Fsp3) is 0.652. The van der Waals surface area contributed by atoms with Crippen molar-refractivity contribution in [1.29, 1.82) is 0 Å². The van der Waals surface area contributed by atoms with Gasteiger partial charge in [-0.2, -0.15) is 11.8 Å². The maximum Gasteiger partial charge on any atom is 0.142 e. The summed E-state index contributed by atoms with van der Waals surface area (Å²) in [5, 5.41) is 0.609. The van der Waals surface area contributed by atoms with Gasteiger partial charge in [-0.1, -0.05) is 85.7 Å². The molecule has 1 aromatic rings. The molecule has 0 aliphatic rings. The highest BCUT2D eigenvalue weighted by Crippen LogP contribution is 2.41. The van der Waals surface area contributed by atoms with Crippen molar-refractivity contribution in [3.63, 3.8) is 0 Å². The third-order valence-corrected chi connectivity index (χ3v) is 5.43. The van der Waals surface area contributed by atoms with Crippen LogP contribution in [-0.2, 0) is 4.79 Å². The quantitative estimate of drug-likeness (QED) is 0.395. The lowest BCUT2D eigenvalue weighted by molar-refractivity contribution is -0.129. The number of thioether (sulfide) groups is 1. The fourth-order valence-corrected chi connectivity index (χ4v) is 4.55. The number of hydrogen-bond donors (Lipinski definition) is 0. The Morgan fingerprint density at radius 2 is 1.54 bits per heavy atom. The van der Waals surface area contributed by atoms with Crippen LogP contribution in [0, 0.1) is 16.7 Å². The zero-order valence-corrected chi connectivity index (χ0v) is 18.7. The zero-order valence-electron chi connectivity index (χ0n) is 17.9. The Labute approximate surface area is 165 Å². The lowest BCUT2D eigenvalue weighted by atomic mass is 9.64. The molecule has 26 heavy (non-hydrogen) atoms. The smallest absolute Gasteiger partial charge is 0.142 e. The van der Waals surface area contributed by atoms with E-state index in [1.807, 2.05) is 30.0 Å². The summed E-state index contributed by atoms with van der Waals surface area (Å²) in [4.78, 5) is 18.1. The van der Waals surface area contributed by atoms with Crippen molar-refractivity contribution in [2.75, 3.05) is 12.3 Å². The van der Waals surface area contributed by atoms with E-state index in [1.165, 1.54) is 0 Å². The van der Waals surface area contributed by atoms with Gasteiger partial charge >= 0.3 is 0 Å². The summed E-state index contributed by atoms with van der Waals surface area (Å²) in [7, 11) is 0. The molecule has 146 valence electrons. The Bertz CT molecular complexity index is 577. The maximum absolute atomic E-state index is 13.3. The summed E-state index contributed by atoms with van der Waals surface area (Å²) in [6.45, 7) is 18.2. The van der Waals surface area contributed by atoms with Crippen LogP contribution in [0.3, 0.4) is 0 Å². The van der Waals surface area contributed by atoms with Crippen molar-refractivity contribution in [3.8, 4) is 0 Å². The zero-order chi connectivity index (χ0) is 20.0. The van der Waals surface area contributed by atoms with Gasteiger partial charge in [0.25, 0.3) is 0 Å². The molecule has 0 aromatic heterocycles. The van der Waals surface area contributed by atoms with Gasteiger partial charge in [-0.25, -0.2) is 0 Å². The topological polar surface area (TPSA) is 29.4 Å². The molecule has 1 rings (SSSR count). The summed E-state index contributed by atoms with van der Waals surface area (Å²) in [5.74, 6) is 1.28. The predicted molar refractivity (Wildman–Crippen MR) is 117 cm³/mol. The van der Waals surface area contributed by atoms with E-state index in [9.17, 15) is 4.79 Å². The normalized spacial score (nSPS) is 13.5. The molecule has 1 aromatic carbocycles. The number of ketones is 1. The van der Waals surface area contributed by atoms with Crippen molar-refractivity contribution < 1.29 is 4.79 Å². The highest BCUT2D eigenvalue weighted by atomic mass is 32.2. The van der Waals surface area contributed by atoms with Gasteiger partial charge in [0.1, 0.15) is 5.78 Å². The summed E-state index contributed by atoms with van der Waals surface area (Å²) >= 11 is 1.91. The Morgan fingerprint density at radius 3 is 2.00 bits per heavy atom. The Hall–Kier alpha value is -1.09. The number of benzene rings is 1. The predicted octanol–water partition coefficient (Wildman–Crippen LogP) is 6.28. The number of carbonyl (C=O) groups is 1. The highest BCUT2D eigenvalue weighted by Gasteiger charge is 2.40. The van der Waals surface area contributed by atoms with Gasteiger partial charge in [-0.3, -0.25) is 9.79 Å². The standard InChI is InChI=1S/C23H37NOS/c1-17(2)26-15-14-24-19(18-12-10-9-11-13-18)16-20(25)21(22(3,4)5)23(6,7)8/h9-13,17,21H,14-16H2,1-8H3. The number of rotatable bonds is 8. The molecule has 0 aliphatic carbocycles. The van der Waals surface area contributed by atoms with Crippen LogP contribution in [0.2, 0.25) is 0 Å². The van der Waals surface area contributed by atoms with Crippen LogP contribution in [0.25, 0.3) is 0 Å². The molecule has 0 bridgehead atoms. The average Bonchev–Trinajstić information content (AvgIpc) is 2.48. The summed E-state index contributed by atoms with van der Waals surface area (Å²) in [6.07, 6.45) is 0.412. The second-order valence-electron chi connectivity index (χ2n) is 9.42. The molecule has 2 nitrogen and oxygen atoms in total. The molecule has 0 aliphatic heterocycles. The van der Waals surface area contributed by atoms with E-state index in [4.69, 9.17) is 4.99 Å². The van der Waals surface area contributed by atoms with Crippen molar-refractivity contribution in [1.82, 2.24) is 0 Å². The number of nitrogens with zero attached hydrogens (tertiary/aromatic N) is 1. The first-order chi connectivity index (χ1) is 11.9. The van der Waals surface area contributed by atoms with Gasteiger partial charge in [0.05, 0.1) is 0 Å². The third kappa shape index (κ3) is 7.65. The van der Waals surface area contributed by atoms with Crippen LogP contribution in [-0.4, -0.2) is 29.0 Å². The molecule has 0 saturated carbocycles. The lowest BCUT2D eigenvalue weighted by Gasteiger charge is -2.39. The number of hydrogen-bond acceptors (Lipinski definition) is 3. The van der Waals surface area contributed by atoms with Gasteiger partial charge in [0, 0.05) is 30.3 Å². The minimum Gasteiger partial charge on any atom is -0.299 e. The van der Waals surface area contributed by atoms with Gasteiger partial charge in [0.15, 0.2) is 0 Å². The molecular formula is C23H37NOS. The van der Waals surface area contributed by atoms with Crippen LogP contribution < -0.4 is 0 Å². The van der Waals surface area contributed by atoms with Crippen LogP contribution in [0.15, 0.2) is 35.3 Å². The molecular weight excluding hydrogens is 338 g/mol. The second kappa shape index (κ2) is 9.73. The molecule has 3 heteroatoms. The van der Waals surface area contributed by atoms with E-state index >= 15 is 0 Å². The number of aliphatic imine (C=N–C) groups is 1. The Morgan fingerprint density at radius 1 is 1.00 bits per heavy atom. The van der Waals surface area contributed by atoms with Gasteiger partial charge < -0.3 is 0 Å². The number of carbonyl (C=O) groups excluding carboxylic acids is 1. The average molecular weight is 376 g/mol. The molecule has 0 N–H and O–H groups in total. The van der Waals surface area contributed by atoms with E-state index in [1.54, 1.807) is 0 Å².